The predicted molar refractivity (Wildman–Crippen MR) is 99.6 cm³/mol. The van der Waals surface area contributed by atoms with Crippen LogP contribution >= 0.6 is 15.9 Å². The van der Waals surface area contributed by atoms with E-state index in [1.807, 2.05) is 0 Å². The quantitative estimate of drug-likeness (QED) is 0.632. The zero-order valence-electron chi connectivity index (χ0n) is 14.3. The molecule has 1 nitrogen and oxygen atoms in total. The molecule has 0 unspecified atom stereocenters. The van der Waals surface area contributed by atoms with Gasteiger partial charge in [-0.15, -0.1) is 0 Å². The van der Waals surface area contributed by atoms with Crippen molar-refractivity contribution in [1.82, 2.24) is 0 Å². The average molecular weight is 371 g/mol. The minimum absolute atomic E-state index is 0.215. The number of hydrogen-bond acceptors (Lipinski definition) is 1. The molecular weight excluding hydrogens is 348 g/mol. The third-order valence-electron chi connectivity index (χ3n) is 5.36. The first kappa shape index (κ1) is 15.3. The fourth-order valence-corrected chi connectivity index (χ4v) is 4.76. The fourth-order valence-electron chi connectivity index (χ4n) is 4.08. The Labute approximate surface area is 147 Å². The molecule has 0 amide bonds. The maximum Gasteiger partial charge on any atom is 0.133 e. The summed E-state index contributed by atoms with van der Waals surface area (Å²) in [5, 5.41) is 0. The van der Waals surface area contributed by atoms with Gasteiger partial charge in [0.15, 0.2) is 0 Å². The fraction of sp³-hybridized carbons (Fsp3) is 0.429. The first-order valence-corrected chi connectivity index (χ1v) is 9.24. The molecule has 0 fully saturated rings. The summed E-state index contributed by atoms with van der Waals surface area (Å²) < 4.78 is 6.73. The van der Waals surface area contributed by atoms with Crippen LogP contribution in [0.4, 0.5) is 0 Å². The minimum Gasteiger partial charge on any atom is -0.496 e. The van der Waals surface area contributed by atoms with Crippen molar-refractivity contribution >= 4 is 15.9 Å². The summed E-state index contributed by atoms with van der Waals surface area (Å²) in [4.78, 5) is 0. The van der Waals surface area contributed by atoms with Gasteiger partial charge in [-0.05, 0) is 92.0 Å². The molecule has 0 bridgehead atoms. The monoisotopic (exact) mass is 370 g/mol. The Hall–Kier alpha value is -1.28. The van der Waals surface area contributed by atoms with Crippen LogP contribution in [0.5, 0.6) is 5.75 Å². The molecule has 0 radical (unpaired) electrons. The molecule has 23 heavy (non-hydrogen) atoms. The highest BCUT2D eigenvalue weighted by atomic mass is 79.9. The van der Waals surface area contributed by atoms with Gasteiger partial charge >= 0.3 is 0 Å². The molecule has 0 saturated carbocycles. The molecule has 2 heteroatoms. The van der Waals surface area contributed by atoms with Crippen LogP contribution in [0.1, 0.15) is 48.6 Å². The topological polar surface area (TPSA) is 9.23 Å². The molecule has 0 heterocycles. The lowest BCUT2D eigenvalue weighted by Crippen LogP contribution is -2.19. The van der Waals surface area contributed by atoms with Gasteiger partial charge in [-0.25, -0.2) is 0 Å². The molecule has 2 aliphatic rings. The van der Waals surface area contributed by atoms with Crippen LogP contribution in [0.2, 0.25) is 0 Å². The summed E-state index contributed by atoms with van der Waals surface area (Å²) in [6, 6.07) is 7.14. The number of ether oxygens (including phenoxy) is 1. The second-order valence-electron chi connectivity index (χ2n) is 7.82. The van der Waals surface area contributed by atoms with Gasteiger partial charge in [0, 0.05) is 0 Å². The Morgan fingerprint density at radius 3 is 2.00 bits per heavy atom. The van der Waals surface area contributed by atoms with Gasteiger partial charge in [-0.1, -0.05) is 32.9 Å². The normalized spacial score (nSPS) is 15.3. The summed E-state index contributed by atoms with van der Waals surface area (Å²) in [6.07, 6.45) is 4.49. The molecule has 120 valence electrons. The van der Waals surface area contributed by atoms with E-state index in [4.69, 9.17) is 4.74 Å². The lowest BCUT2D eigenvalue weighted by Gasteiger charge is -2.33. The second kappa shape index (κ2) is 5.11. The molecule has 0 N–H and O–H groups in total. The van der Waals surface area contributed by atoms with Crippen LogP contribution in [-0.4, -0.2) is 7.11 Å². The number of aryl methyl sites for hydroxylation is 3. The lowest BCUT2D eigenvalue weighted by atomic mass is 9.72. The standard InChI is InChI=1S/C21H23BrO/c1-21(2,3)15-9-12-5-6-14-11-17(23-4)20(22)16-8-7-13(10-15)18(12)19(14)16/h9-11H,5-8H2,1-4H3. The molecule has 2 aromatic carbocycles. The second-order valence-corrected chi connectivity index (χ2v) is 8.62. The molecule has 0 aromatic heterocycles. The molecule has 4 rings (SSSR count). The van der Waals surface area contributed by atoms with Crippen LogP contribution in [0.25, 0.3) is 11.1 Å². The zero-order chi connectivity index (χ0) is 16.4. The van der Waals surface area contributed by atoms with Crippen molar-refractivity contribution in [3.8, 4) is 16.9 Å². The van der Waals surface area contributed by atoms with E-state index in [9.17, 15) is 0 Å². The van der Waals surface area contributed by atoms with Gasteiger partial charge in [0.05, 0.1) is 11.6 Å². The summed E-state index contributed by atoms with van der Waals surface area (Å²) in [5.74, 6) is 0.983. The van der Waals surface area contributed by atoms with Crippen molar-refractivity contribution in [2.24, 2.45) is 0 Å². The number of methoxy groups -OCH3 is 1. The van der Waals surface area contributed by atoms with Crippen molar-refractivity contribution in [2.45, 2.75) is 51.9 Å². The highest BCUT2D eigenvalue weighted by Gasteiger charge is 2.30. The Kier molecular flexibility index (Phi) is 3.39. The third-order valence-corrected chi connectivity index (χ3v) is 6.22. The number of halogens is 1. The summed E-state index contributed by atoms with van der Waals surface area (Å²) in [5.41, 5.74) is 10.7. The predicted octanol–water partition coefficient (Wildman–Crippen LogP) is 5.62. The molecule has 0 saturated heterocycles. The third kappa shape index (κ3) is 2.26. The van der Waals surface area contributed by atoms with E-state index >= 15 is 0 Å². The van der Waals surface area contributed by atoms with Crippen molar-refractivity contribution < 1.29 is 4.74 Å². The molecular formula is C21H23BrO. The molecule has 0 aliphatic heterocycles. The Bertz CT molecular complexity index is 795. The number of benzene rings is 2. The van der Waals surface area contributed by atoms with E-state index in [1.54, 1.807) is 7.11 Å². The SMILES string of the molecule is COc1cc2c3c(c1Br)CCc1cc(C(C)(C)C)cc(c1-3)CC2. The Balaban J connectivity index is 2.00. The Morgan fingerprint density at radius 1 is 0.870 bits per heavy atom. The van der Waals surface area contributed by atoms with E-state index in [2.05, 4.69) is 54.9 Å². The Morgan fingerprint density at radius 2 is 1.43 bits per heavy atom. The van der Waals surface area contributed by atoms with Gasteiger partial charge in [-0.2, -0.15) is 0 Å². The van der Waals surface area contributed by atoms with Gasteiger partial charge in [0.1, 0.15) is 5.75 Å². The van der Waals surface area contributed by atoms with E-state index in [-0.39, 0.29) is 5.41 Å². The van der Waals surface area contributed by atoms with Gasteiger partial charge in [0.25, 0.3) is 0 Å². The van der Waals surface area contributed by atoms with Crippen LogP contribution in [0.15, 0.2) is 22.7 Å². The van der Waals surface area contributed by atoms with Crippen molar-refractivity contribution in [3.63, 3.8) is 0 Å². The summed E-state index contributed by atoms with van der Waals surface area (Å²) in [6.45, 7) is 6.94. The van der Waals surface area contributed by atoms with Gasteiger partial charge in [0.2, 0.25) is 0 Å². The number of hydrogen-bond donors (Lipinski definition) is 0. The van der Waals surface area contributed by atoms with E-state index < -0.39 is 0 Å². The molecule has 0 spiro atoms. The maximum absolute atomic E-state index is 5.58. The lowest BCUT2D eigenvalue weighted by molar-refractivity contribution is 0.411. The average Bonchev–Trinajstić information content (AvgIpc) is 2.52. The van der Waals surface area contributed by atoms with E-state index in [1.165, 1.54) is 38.9 Å². The molecule has 0 atom stereocenters. The number of rotatable bonds is 1. The van der Waals surface area contributed by atoms with Crippen molar-refractivity contribution in [1.29, 1.82) is 0 Å². The summed E-state index contributed by atoms with van der Waals surface area (Å²) >= 11 is 3.78. The van der Waals surface area contributed by atoms with Crippen LogP contribution in [0, 0.1) is 0 Å². The molecule has 2 aromatic rings. The smallest absolute Gasteiger partial charge is 0.133 e. The van der Waals surface area contributed by atoms with Gasteiger partial charge in [-0.3, -0.25) is 0 Å². The summed E-state index contributed by atoms with van der Waals surface area (Å²) in [7, 11) is 1.76. The first-order chi connectivity index (χ1) is 10.9. The highest BCUT2D eigenvalue weighted by Crippen LogP contribution is 2.48. The van der Waals surface area contributed by atoms with E-state index in [0.29, 0.717) is 0 Å². The van der Waals surface area contributed by atoms with Crippen LogP contribution < -0.4 is 4.74 Å². The van der Waals surface area contributed by atoms with E-state index in [0.717, 1.165) is 35.9 Å². The van der Waals surface area contributed by atoms with Crippen LogP contribution in [0.3, 0.4) is 0 Å². The molecule has 2 aliphatic carbocycles. The van der Waals surface area contributed by atoms with Crippen molar-refractivity contribution in [2.75, 3.05) is 7.11 Å². The van der Waals surface area contributed by atoms with Crippen molar-refractivity contribution in [3.05, 3.63) is 50.5 Å². The first-order valence-electron chi connectivity index (χ1n) is 8.45. The minimum atomic E-state index is 0.215. The highest BCUT2D eigenvalue weighted by molar-refractivity contribution is 9.10. The van der Waals surface area contributed by atoms with Gasteiger partial charge < -0.3 is 4.74 Å². The maximum atomic E-state index is 5.58. The van der Waals surface area contributed by atoms with Crippen LogP contribution in [-0.2, 0) is 31.1 Å². The largest absolute Gasteiger partial charge is 0.496 e. The zero-order valence-corrected chi connectivity index (χ0v) is 15.9.